The molecule has 0 saturated heterocycles. The number of carbonyl (C=O) groups is 2. The van der Waals surface area contributed by atoms with Crippen molar-refractivity contribution in [3.63, 3.8) is 0 Å². The van der Waals surface area contributed by atoms with Gasteiger partial charge < -0.3 is 9.64 Å². The van der Waals surface area contributed by atoms with Crippen LogP contribution in [0.4, 0.5) is 10.1 Å². The van der Waals surface area contributed by atoms with Gasteiger partial charge in [0.1, 0.15) is 11.6 Å². The Hall–Kier alpha value is -2.69. The number of Topliss-reactive ketones (excluding diaryl/α,β-unsaturated/α-hetero) is 1. The lowest BCUT2D eigenvalue weighted by molar-refractivity contribution is -0.134. The van der Waals surface area contributed by atoms with Crippen molar-refractivity contribution in [2.24, 2.45) is 0 Å². The normalized spacial score (nSPS) is 15.7. The molecule has 5 heteroatoms. The van der Waals surface area contributed by atoms with Gasteiger partial charge in [-0.05, 0) is 42.2 Å². The highest BCUT2D eigenvalue weighted by atomic mass is 19.1. The highest BCUT2D eigenvalue weighted by Crippen LogP contribution is 2.39. The van der Waals surface area contributed by atoms with Crippen LogP contribution < -0.4 is 9.64 Å². The summed E-state index contributed by atoms with van der Waals surface area (Å²) in [6.07, 6.45) is 0.983. The summed E-state index contributed by atoms with van der Waals surface area (Å²) in [6, 6.07) is 10.6. The Morgan fingerprint density at radius 1 is 1.19 bits per heavy atom. The quantitative estimate of drug-likeness (QED) is 0.598. The summed E-state index contributed by atoms with van der Waals surface area (Å²) in [4.78, 5) is 26.3. The number of hydrogen-bond donors (Lipinski definition) is 0. The van der Waals surface area contributed by atoms with E-state index in [-0.39, 0.29) is 35.9 Å². The predicted octanol–water partition coefficient (Wildman–Crippen LogP) is 4.12. The van der Waals surface area contributed by atoms with Crippen LogP contribution in [0.5, 0.6) is 5.75 Å². The lowest BCUT2D eigenvalue weighted by Crippen LogP contribution is -2.12. The minimum absolute atomic E-state index is 0.170. The average Bonchev–Trinajstić information content (AvgIpc) is 2.91. The number of anilines is 1. The van der Waals surface area contributed by atoms with E-state index in [1.165, 1.54) is 12.1 Å². The van der Waals surface area contributed by atoms with Gasteiger partial charge in [-0.1, -0.05) is 19.1 Å². The van der Waals surface area contributed by atoms with Crippen LogP contribution in [0.1, 0.15) is 47.2 Å². The summed E-state index contributed by atoms with van der Waals surface area (Å²) in [6.45, 7) is 1.80. The van der Waals surface area contributed by atoms with Crippen molar-refractivity contribution in [3.8, 4) is 5.75 Å². The van der Waals surface area contributed by atoms with Crippen LogP contribution in [-0.2, 0) is 11.2 Å². The molecule has 0 saturated carbocycles. The number of esters is 1. The van der Waals surface area contributed by atoms with Crippen molar-refractivity contribution in [1.29, 1.82) is 0 Å². The van der Waals surface area contributed by atoms with Gasteiger partial charge in [0, 0.05) is 38.2 Å². The molecule has 2 aromatic carbocycles. The van der Waals surface area contributed by atoms with E-state index in [0.29, 0.717) is 12.0 Å². The number of ether oxygens (including phenoxy) is 1. The number of ketones is 1. The molecular formula is C21H22FNO3. The Morgan fingerprint density at radius 3 is 2.54 bits per heavy atom. The van der Waals surface area contributed by atoms with Gasteiger partial charge in [-0.25, -0.2) is 4.39 Å². The van der Waals surface area contributed by atoms with Crippen LogP contribution in [0.25, 0.3) is 0 Å². The number of carbonyl (C=O) groups excluding carboxylic acids is 2. The Kier molecular flexibility index (Phi) is 5.07. The van der Waals surface area contributed by atoms with Crippen LogP contribution in [0.2, 0.25) is 0 Å². The second-order valence-electron chi connectivity index (χ2n) is 6.90. The molecular weight excluding hydrogens is 333 g/mol. The highest BCUT2D eigenvalue weighted by molar-refractivity contribution is 6.04. The minimum atomic E-state index is -0.428. The van der Waals surface area contributed by atoms with Gasteiger partial charge in [0.15, 0.2) is 5.78 Å². The Morgan fingerprint density at radius 2 is 1.88 bits per heavy atom. The maximum Gasteiger partial charge on any atom is 0.311 e. The number of aryl methyl sites for hydroxylation is 1. The first-order valence-corrected chi connectivity index (χ1v) is 8.69. The van der Waals surface area contributed by atoms with Crippen LogP contribution in [0.3, 0.4) is 0 Å². The molecule has 0 N–H and O–H groups in total. The first-order chi connectivity index (χ1) is 12.4. The van der Waals surface area contributed by atoms with Gasteiger partial charge in [-0.2, -0.15) is 0 Å². The zero-order valence-electron chi connectivity index (χ0n) is 15.2. The number of hydrogen-bond acceptors (Lipinski definition) is 4. The summed E-state index contributed by atoms with van der Waals surface area (Å²) >= 11 is 0. The van der Waals surface area contributed by atoms with Gasteiger partial charge in [0.25, 0.3) is 0 Å². The molecule has 0 spiro atoms. The Labute approximate surface area is 152 Å². The SMILES string of the molecule is CC1CC(=O)c2c(OC(=O)CCc3ccc(N(C)C)cc3)ccc(F)c21. The van der Waals surface area contributed by atoms with E-state index in [2.05, 4.69) is 0 Å². The predicted molar refractivity (Wildman–Crippen MR) is 98.5 cm³/mol. The lowest BCUT2D eigenvalue weighted by Gasteiger charge is -2.13. The Bertz CT molecular complexity index is 843. The van der Waals surface area contributed by atoms with E-state index < -0.39 is 11.8 Å². The average molecular weight is 355 g/mol. The molecule has 2 aromatic rings. The molecule has 0 amide bonds. The fraction of sp³-hybridized carbons (Fsp3) is 0.333. The van der Waals surface area contributed by atoms with Crippen LogP contribution >= 0.6 is 0 Å². The van der Waals surface area contributed by atoms with Crippen molar-refractivity contribution >= 4 is 17.4 Å². The fourth-order valence-electron chi connectivity index (χ4n) is 3.29. The van der Waals surface area contributed by atoms with Gasteiger partial charge in [0.05, 0.1) is 5.56 Å². The zero-order chi connectivity index (χ0) is 18.8. The Balaban J connectivity index is 1.67. The van der Waals surface area contributed by atoms with E-state index >= 15 is 0 Å². The number of rotatable bonds is 5. The first-order valence-electron chi connectivity index (χ1n) is 8.69. The van der Waals surface area contributed by atoms with Crippen LogP contribution in [-0.4, -0.2) is 25.8 Å². The molecule has 0 heterocycles. The van der Waals surface area contributed by atoms with Gasteiger partial charge in [-0.3, -0.25) is 9.59 Å². The highest BCUT2D eigenvalue weighted by Gasteiger charge is 2.33. The van der Waals surface area contributed by atoms with Crippen LogP contribution in [0.15, 0.2) is 36.4 Å². The molecule has 0 bridgehead atoms. The van der Waals surface area contributed by atoms with Crippen LogP contribution in [0, 0.1) is 5.82 Å². The van der Waals surface area contributed by atoms with Crippen molar-refractivity contribution < 1.29 is 18.7 Å². The summed E-state index contributed by atoms with van der Waals surface area (Å²) in [5.74, 6) is -1.04. The summed E-state index contributed by atoms with van der Waals surface area (Å²) in [7, 11) is 3.94. The minimum Gasteiger partial charge on any atom is -0.426 e. The van der Waals surface area contributed by atoms with E-state index in [1.807, 2.05) is 43.3 Å². The molecule has 1 unspecified atom stereocenters. The number of halogens is 1. The lowest BCUT2D eigenvalue weighted by atomic mass is 10.0. The fourth-order valence-corrected chi connectivity index (χ4v) is 3.29. The molecule has 0 aliphatic heterocycles. The maximum atomic E-state index is 14.0. The molecule has 4 nitrogen and oxygen atoms in total. The van der Waals surface area contributed by atoms with E-state index in [9.17, 15) is 14.0 Å². The van der Waals surface area contributed by atoms with Gasteiger partial charge >= 0.3 is 5.97 Å². The molecule has 1 atom stereocenters. The van der Waals surface area contributed by atoms with E-state index in [4.69, 9.17) is 4.74 Å². The smallest absolute Gasteiger partial charge is 0.311 e. The second-order valence-corrected chi connectivity index (χ2v) is 6.90. The van der Waals surface area contributed by atoms with Gasteiger partial charge in [0.2, 0.25) is 0 Å². The summed E-state index contributed by atoms with van der Waals surface area (Å²) in [5, 5.41) is 0. The van der Waals surface area contributed by atoms with E-state index in [1.54, 1.807) is 6.92 Å². The molecule has 1 aliphatic rings. The van der Waals surface area contributed by atoms with Crippen molar-refractivity contribution in [2.45, 2.75) is 32.1 Å². The summed E-state index contributed by atoms with van der Waals surface area (Å²) < 4.78 is 19.4. The molecule has 0 fully saturated rings. The van der Waals surface area contributed by atoms with E-state index in [0.717, 1.165) is 11.3 Å². The third kappa shape index (κ3) is 3.62. The number of fused-ring (bicyclic) bond motifs is 1. The standard InChI is InChI=1S/C21H22FNO3/c1-13-12-17(24)21-18(10-9-16(22)20(13)21)26-19(25)11-6-14-4-7-15(8-5-14)23(2)3/h4-5,7-10,13H,6,11-12H2,1-3H3. The molecule has 3 rings (SSSR count). The molecule has 136 valence electrons. The first kappa shape index (κ1) is 18.1. The molecule has 0 radical (unpaired) electrons. The van der Waals surface area contributed by atoms with Crippen molar-refractivity contribution in [3.05, 3.63) is 58.9 Å². The monoisotopic (exact) mass is 355 g/mol. The third-order valence-corrected chi connectivity index (χ3v) is 4.71. The topological polar surface area (TPSA) is 46.6 Å². The number of benzene rings is 2. The second kappa shape index (κ2) is 7.28. The maximum absolute atomic E-state index is 14.0. The zero-order valence-corrected chi connectivity index (χ0v) is 15.2. The summed E-state index contributed by atoms with van der Waals surface area (Å²) in [5.41, 5.74) is 2.70. The number of nitrogens with zero attached hydrogens (tertiary/aromatic N) is 1. The van der Waals surface area contributed by atoms with Gasteiger partial charge in [-0.15, -0.1) is 0 Å². The third-order valence-electron chi connectivity index (χ3n) is 4.71. The van der Waals surface area contributed by atoms with Crippen molar-refractivity contribution in [1.82, 2.24) is 0 Å². The molecule has 0 aromatic heterocycles. The molecule has 1 aliphatic carbocycles. The van der Waals surface area contributed by atoms with Crippen molar-refractivity contribution in [2.75, 3.05) is 19.0 Å². The largest absolute Gasteiger partial charge is 0.426 e. The molecule has 26 heavy (non-hydrogen) atoms.